The predicted molar refractivity (Wildman–Crippen MR) is 66.6 cm³/mol. The highest BCUT2D eigenvalue weighted by Crippen LogP contribution is 2.02. The molecule has 92 valence electrons. The Labute approximate surface area is 102 Å². The third kappa shape index (κ3) is 3.46. The normalized spacial score (nSPS) is 10.9. The average Bonchev–Trinajstić information content (AvgIpc) is 2.96. The standard InChI is InChI=1S/C13H19N3O/c1-2-9-16-12(5-8-15-16)11-14-7-6-13-4-3-10-17-13/h3-5,8,10,14H,2,6-7,9,11H2,1H3. The van der Waals surface area contributed by atoms with Gasteiger partial charge in [-0.3, -0.25) is 4.68 Å². The average molecular weight is 233 g/mol. The van der Waals surface area contributed by atoms with E-state index in [1.54, 1.807) is 6.26 Å². The number of nitrogens with one attached hydrogen (secondary N) is 1. The van der Waals surface area contributed by atoms with E-state index >= 15 is 0 Å². The van der Waals surface area contributed by atoms with Crippen LogP contribution in [0.5, 0.6) is 0 Å². The second kappa shape index (κ2) is 6.25. The minimum atomic E-state index is 0.862. The molecule has 0 unspecified atom stereocenters. The van der Waals surface area contributed by atoms with Crippen LogP contribution in [-0.4, -0.2) is 16.3 Å². The lowest BCUT2D eigenvalue weighted by atomic mass is 10.3. The molecule has 0 aromatic carbocycles. The van der Waals surface area contributed by atoms with Gasteiger partial charge in [0.1, 0.15) is 5.76 Å². The van der Waals surface area contributed by atoms with E-state index in [0.717, 1.165) is 38.2 Å². The van der Waals surface area contributed by atoms with Crippen LogP contribution in [0.2, 0.25) is 0 Å². The summed E-state index contributed by atoms with van der Waals surface area (Å²) in [6.45, 7) is 4.93. The van der Waals surface area contributed by atoms with Crippen LogP contribution < -0.4 is 5.32 Å². The number of rotatable bonds is 7. The van der Waals surface area contributed by atoms with Gasteiger partial charge in [0.25, 0.3) is 0 Å². The third-order valence-electron chi connectivity index (χ3n) is 2.67. The van der Waals surface area contributed by atoms with Crippen LogP contribution >= 0.6 is 0 Å². The molecule has 4 heteroatoms. The molecule has 2 aromatic heterocycles. The SMILES string of the molecule is CCCn1nccc1CNCCc1ccco1. The minimum absolute atomic E-state index is 0.862. The molecule has 0 bridgehead atoms. The Morgan fingerprint density at radius 1 is 1.41 bits per heavy atom. The fourth-order valence-corrected chi connectivity index (χ4v) is 1.81. The lowest BCUT2D eigenvalue weighted by Crippen LogP contribution is -2.19. The number of hydrogen-bond donors (Lipinski definition) is 1. The number of nitrogens with zero attached hydrogens (tertiary/aromatic N) is 2. The van der Waals surface area contributed by atoms with Gasteiger partial charge in [-0.05, 0) is 24.6 Å². The second-order valence-electron chi connectivity index (χ2n) is 4.05. The van der Waals surface area contributed by atoms with Crippen LogP contribution in [0.4, 0.5) is 0 Å². The van der Waals surface area contributed by atoms with Gasteiger partial charge in [-0.25, -0.2) is 0 Å². The molecule has 0 amide bonds. The highest BCUT2D eigenvalue weighted by molar-refractivity contribution is 5.01. The molecule has 0 aliphatic rings. The molecule has 0 radical (unpaired) electrons. The molecule has 0 fully saturated rings. The van der Waals surface area contributed by atoms with Gasteiger partial charge < -0.3 is 9.73 Å². The molecule has 1 N–H and O–H groups in total. The largest absolute Gasteiger partial charge is 0.469 e. The van der Waals surface area contributed by atoms with Crippen molar-refractivity contribution < 1.29 is 4.42 Å². The van der Waals surface area contributed by atoms with Crippen LogP contribution in [0.15, 0.2) is 35.1 Å². The van der Waals surface area contributed by atoms with Crippen molar-refractivity contribution in [2.45, 2.75) is 32.9 Å². The highest BCUT2D eigenvalue weighted by atomic mass is 16.3. The lowest BCUT2D eigenvalue weighted by Gasteiger charge is -2.07. The smallest absolute Gasteiger partial charge is 0.105 e. The van der Waals surface area contributed by atoms with E-state index in [9.17, 15) is 0 Å². The maximum Gasteiger partial charge on any atom is 0.105 e. The van der Waals surface area contributed by atoms with Crippen molar-refractivity contribution in [1.29, 1.82) is 0 Å². The molecule has 0 aliphatic heterocycles. The summed E-state index contributed by atoms with van der Waals surface area (Å²) in [6, 6.07) is 5.99. The van der Waals surface area contributed by atoms with Crippen LogP contribution in [0.3, 0.4) is 0 Å². The predicted octanol–water partition coefficient (Wildman–Crippen LogP) is 2.22. The minimum Gasteiger partial charge on any atom is -0.469 e. The van der Waals surface area contributed by atoms with E-state index in [1.807, 2.05) is 18.3 Å². The van der Waals surface area contributed by atoms with Crippen LogP contribution in [0, 0.1) is 0 Å². The Morgan fingerprint density at radius 3 is 3.12 bits per heavy atom. The van der Waals surface area contributed by atoms with Crippen molar-refractivity contribution in [2.24, 2.45) is 0 Å². The Hall–Kier alpha value is -1.55. The zero-order valence-electron chi connectivity index (χ0n) is 10.2. The number of furan rings is 1. The fourth-order valence-electron chi connectivity index (χ4n) is 1.81. The molecular formula is C13H19N3O. The Bertz CT molecular complexity index is 420. The van der Waals surface area contributed by atoms with Gasteiger partial charge in [0.05, 0.1) is 12.0 Å². The summed E-state index contributed by atoms with van der Waals surface area (Å²) in [4.78, 5) is 0. The highest BCUT2D eigenvalue weighted by Gasteiger charge is 2.01. The Kier molecular flexibility index (Phi) is 4.38. The van der Waals surface area contributed by atoms with Gasteiger partial charge in [-0.2, -0.15) is 5.10 Å². The summed E-state index contributed by atoms with van der Waals surface area (Å²) in [7, 11) is 0. The van der Waals surface area contributed by atoms with E-state index in [4.69, 9.17) is 4.42 Å². The topological polar surface area (TPSA) is 43.0 Å². The fraction of sp³-hybridized carbons (Fsp3) is 0.462. The molecule has 0 atom stereocenters. The van der Waals surface area contributed by atoms with E-state index in [0.29, 0.717) is 0 Å². The van der Waals surface area contributed by atoms with Crippen LogP contribution in [0.1, 0.15) is 24.8 Å². The van der Waals surface area contributed by atoms with Crippen LogP contribution in [-0.2, 0) is 19.5 Å². The van der Waals surface area contributed by atoms with Crippen molar-refractivity contribution in [3.63, 3.8) is 0 Å². The van der Waals surface area contributed by atoms with Crippen molar-refractivity contribution >= 4 is 0 Å². The van der Waals surface area contributed by atoms with E-state index < -0.39 is 0 Å². The molecule has 0 saturated heterocycles. The molecule has 2 aromatic rings. The summed E-state index contributed by atoms with van der Waals surface area (Å²) in [5.74, 6) is 1.03. The van der Waals surface area contributed by atoms with Gasteiger partial charge in [0, 0.05) is 32.3 Å². The molecule has 0 aliphatic carbocycles. The van der Waals surface area contributed by atoms with Crippen molar-refractivity contribution in [3.05, 3.63) is 42.1 Å². The Balaban J connectivity index is 1.72. The van der Waals surface area contributed by atoms with Gasteiger partial charge in [-0.1, -0.05) is 6.92 Å². The quantitative estimate of drug-likeness (QED) is 0.746. The first-order valence-electron chi connectivity index (χ1n) is 6.14. The molecule has 0 saturated carbocycles. The third-order valence-corrected chi connectivity index (χ3v) is 2.67. The maximum absolute atomic E-state index is 5.28. The van der Waals surface area contributed by atoms with Crippen molar-refractivity contribution in [3.8, 4) is 0 Å². The summed E-state index contributed by atoms with van der Waals surface area (Å²) < 4.78 is 7.33. The lowest BCUT2D eigenvalue weighted by molar-refractivity contribution is 0.493. The maximum atomic E-state index is 5.28. The van der Waals surface area contributed by atoms with E-state index in [1.165, 1.54) is 5.69 Å². The first-order valence-corrected chi connectivity index (χ1v) is 6.14. The summed E-state index contributed by atoms with van der Waals surface area (Å²) in [5.41, 5.74) is 1.24. The first-order chi connectivity index (χ1) is 8.40. The molecule has 2 heterocycles. The zero-order valence-corrected chi connectivity index (χ0v) is 10.2. The van der Waals surface area contributed by atoms with Crippen LogP contribution in [0.25, 0.3) is 0 Å². The Morgan fingerprint density at radius 2 is 2.35 bits per heavy atom. The van der Waals surface area contributed by atoms with Crippen molar-refractivity contribution in [1.82, 2.24) is 15.1 Å². The van der Waals surface area contributed by atoms with Gasteiger partial charge in [0.15, 0.2) is 0 Å². The van der Waals surface area contributed by atoms with Crippen molar-refractivity contribution in [2.75, 3.05) is 6.54 Å². The number of hydrogen-bond acceptors (Lipinski definition) is 3. The van der Waals surface area contributed by atoms with E-state index in [-0.39, 0.29) is 0 Å². The monoisotopic (exact) mass is 233 g/mol. The van der Waals surface area contributed by atoms with Gasteiger partial charge in [0.2, 0.25) is 0 Å². The summed E-state index contributed by atoms with van der Waals surface area (Å²) in [5, 5.41) is 7.70. The summed E-state index contributed by atoms with van der Waals surface area (Å²) >= 11 is 0. The first kappa shape index (κ1) is 11.9. The molecule has 17 heavy (non-hydrogen) atoms. The van der Waals surface area contributed by atoms with Gasteiger partial charge >= 0.3 is 0 Å². The number of aryl methyl sites for hydroxylation is 1. The van der Waals surface area contributed by atoms with Gasteiger partial charge in [-0.15, -0.1) is 0 Å². The van der Waals surface area contributed by atoms with E-state index in [2.05, 4.69) is 28.1 Å². The molecular weight excluding hydrogens is 214 g/mol. The number of aromatic nitrogens is 2. The summed E-state index contributed by atoms with van der Waals surface area (Å²) in [6.07, 6.45) is 5.61. The molecule has 0 spiro atoms. The second-order valence-corrected chi connectivity index (χ2v) is 4.05. The molecule has 2 rings (SSSR count). The molecule has 4 nitrogen and oxygen atoms in total. The zero-order chi connectivity index (χ0) is 11.9.